The Bertz CT molecular complexity index is 841. The molecule has 2 aromatic rings. The zero-order chi connectivity index (χ0) is 18.1. The smallest absolute Gasteiger partial charge is 0.169 e. The molecule has 0 N–H and O–H groups in total. The average Bonchev–Trinajstić information content (AvgIpc) is 2.95. The van der Waals surface area contributed by atoms with Gasteiger partial charge in [-0.25, -0.2) is 0 Å². The third-order valence-electron chi connectivity index (χ3n) is 5.67. The van der Waals surface area contributed by atoms with Crippen LogP contribution in [0, 0.1) is 5.41 Å². The van der Waals surface area contributed by atoms with Gasteiger partial charge in [-0.15, -0.1) is 0 Å². The van der Waals surface area contributed by atoms with Gasteiger partial charge < -0.3 is 9.47 Å². The van der Waals surface area contributed by atoms with Crippen molar-refractivity contribution in [1.82, 2.24) is 0 Å². The molecule has 0 radical (unpaired) electrons. The van der Waals surface area contributed by atoms with Crippen LogP contribution in [0.1, 0.15) is 47.2 Å². The highest BCUT2D eigenvalue weighted by molar-refractivity contribution is 6.06. The Morgan fingerprint density at radius 3 is 2.35 bits per heavy atom. The van der Waals surface area contributed by atoms with Gasteiger partial charge in [0, 0.05) is 23.8 Å². The summed E-state index contributed by atoms with van der Waals surface area (Å²) in [5, 5.41) is 0. The fourth-order valence-corrected chi connectivity index (χ4v) is 4.04. The van der Waals surface area contributed by atoms with Gasteiger partial charge in [-0.05, 0) is 54.7 Å². The molecule has 0 aliphatic heterocycles. The maximum Gasteiger partial charge on any atom is 0.169 e. The number of carbonyl (C=O) groups excluding carboxylic acids is 2. The summed E-state index contributed by atoms with van der Waals surface area (Å²) >= 11 is 0. The van der Waals surface area contributed by atoms with E-state index >= 15 is 0 Å². The van der Waals surface area contributed by atoms with Gasteiger partial charge in [0.1, 0.15) is 23.9 Å². The maximum absolute atomic E-state index is 13.0. The van der Waals surface area contributed by atoms with Crippen molar-refractivity contribution in [3.05, 3.63) is 59.2 Å². The van der Waals surface area contributed by atoms with E-state index in [-0.39, 0.29) is 17.0 Å². The molecule has 134 valence electrons. The zero-order valence-corrected chi connectivity index (χ0v) is 14.9. The van der Waals surface area contributed by atoms with E-state index < -0.39 is 0 Å². The second-order valence-corrected chi connectivity index (χ2v) is 7.28. The molecular formula is C22H22O4. The highest BCUT2D eigenvalue weighted by Crippen LogP contribution is 2.47. The van der Waals surface area contributed by atoms with Crippen LogP contribution in [0.15, 0.2) is 42.5 Å². The van der Waals surface area contributed by atoms with E-state index in [0.717, 1.165) is 28.9 Å². The van der Waals surface area contributed by atoms with Gasteiger partial charge in [0.05, 0.1) is 7.11 Å². The molecule has 0 saturated heterocycles. The van der Waals surface area contributed by atoms with E-state index in [1.165, 1.54) is 0 Å². The van der Waals surface area contributed by atoms with E-state index in [9.17, 15) is 9.59 Å². The van der Waals surface area contributed by atoms with Crippen molar-refractivity contribution < 1.29 is 19.1 Å². The van der Waals surface area contributed by atoms with Crippen LogP contribution in [0.3, 0.4) is 0 Å². The second-order valence-electron chi connectivity index (χ2n) is 7.28. The molecule has 2 aliphatic rings. The minimum atomic E-state index is -0.356. The summed E-state index contributed by atoms with van der Waals surface area (Å²) in [6, 6.07) is 13.5. The summed E-state index contributed by atoms with van der Waals surface area (Å²) in [4.78, 5) is 24.6. The van der Waals surface area contributed by atoms with Crippen LogP contribution >= 0.6 is 0 Å². The molecule has 0 aromatic heterocycles. The van der Waals surface area contributed by atoms with Crippen LogP contribution < -0.4 is 9.47 Å². The molecule has 4 nitrogen and oxygen atoms in total. The fraction of sp³-hybridized carbons (Fsp3) is 0.364. The minimum Gasteiger partial charge on any atom is -0.497 e. The van der Waals surface area contributed by atoms with E-state index in [1.54, 1.807) is 7.11 Å². The lowest BCUT2D eigenvalue weighted by molar-refractivity contribution is -0.121. The molecule has 0 amide bonds. The fourth-order valence-electron chi connectivity index (χ4n) is 4.04. The Labute approximate surface area is 153 Å². The second kappa shape index (κ2) is 6.60. The third kappa shape index (κ3) is 3.00. The number of ether oxygens (including phenoxy) is 2. The van der Waals surface area contributed by atoms with Gasteiger partial charge in [0.25, 0.3) is 0 Å². The van der Waals surface area contributed by atoms with Crippen LogP contribution in [0.25, 0.3) is 0 Å². The van der Waals surface area contributed by atoms with Crippen molar-refractivity contribution in [3.63, 3.8) is 0 Å². The number of carbonyl (C=O) groups is 2. The number of rotatable bonds is 4. The highest BCUT2D eigenvalue weighted by atomic mass is 16.5. The van der Waals surface area contributed by atoms with Crippen molar-refractivity contribution >= 4 is 11.6 Å². The van der Waals surface area contributed by atoms with Gasteiger partial charge in [-0.3, -0.25) is 9.59 Å². The Hall–Kier alpha value is -2.62. The number of hydrogen-bond acceptors (Lipinski definition) is 4. The van der Waals surface area contributed by atoms with Gasteiger partial charge in [0.2, 0.25) is 0 Å². The molecule has 2 aliphatic carbocycles. The van der Waals surface area contributed by atoms with Crippen molar-refractivity contribution in [1.29, 1.82) is 0 Å². The standard InChI is InChI=1S/C22H22O4/c1-25-18-5-2-15(3-6-18)14-26-19-7-4-16-13-22(21(24)20(16)12-19)10-8-17(23)9-11-22/h2-7,12H,8-11,13-14H2,1H3. The monoisotopic (exact) mass is 350 g/mol. The lowest BCUT2D eigenvalue weighted by Gasteiger charge is -2.30. The normalized spacial score (nSPS) is 18.0. The summed E-state index contributed by atoms with van der Waals surface area (Å²) in [5.74, 6) is 1.99. The van der Waals surface area contributed by atoms with Gasteiger partial charge in [-0.2, -0.15) is 0 Å². The summed E-state index contributed by atoms with van der Waals surface area (Å²) < 4.78 is 11.0. The number of Topliss-reactive ketones (excluding diaryl/α,β-unsaturated/α-hetero) is 2. The predicted octanol–water partition coefficient (Wildman–Crippen LogP) is 4.14. The average molecular weight is 350 g/mol. The topological polar surface area (TPSA) is 52.6 Å². The van der Waals surface area contributed by atoms with Crippen LogP contribution in [-0.4, -0.2) is 18.7 Å². The van der Waals surface area contributed by atoms with Crippen molar-refractivity contribution in [2.75, 3.05) is 7.11 Å². The van der Waals surface area contributed by atoms with Crippen molar-refractivity contribution in [3.8, 4) is 11.5 Å². The first-order valence-electron chi connectivity index (χ1n) is 9.05. The Balaban J connectivity index is 1.47. The quantitative estimate of drug-likeness (QED) is 0.831. The molecule has 0 atom stereocenters. The molecule has 0 heterocycles. The Morgan fingerprint density at radius 1 is 0.962 bits per heavy atom. The van der Waals surface area contributed by atoms with Crippen molar-refractivity contribution in [2.24, 2.45) is 5.41 Å². The molecule has 0 unspecified atom stereocenters. The largest absolute Gasteiger partial charge is 0.497 e. The molecule has 4 rings (SSSR count). The number of fused-ring (bicyclic) bond motifs is 1. The molecule has 1 saturated carbocycles. The van der Waals surface area contributed by atoms with Crippen LogP contribution in [0.4, 0.5) is 0 Å². The SMILES string of the molecule is COc1ccc(COc2ccc3c(c2)C(=O)C2(CCC(=O)CC2)C3)cc1. The first-order chi connectivity index (χ1) is 12.6. The summed E-state index contributed by atoms with van der Waals surface area (Å²) in [7, 11) is 1.64. The highest BCUT2D eigenvalue weighted by Gasteiger charge is 2.47. The molecule has 2 aromatic carbocycles. The van der Waals surface area contributed by atoms with E-state index in [0.29, 0.717) is 38.0 Å². The lowest BCUT2D eigenvalue weighted by Crippen LogP contribution is -2.33. The number of hydrogen-bond donors (Lipinski definition) is 0. The van der Waals surface area contributed by atoms with E-state index in [2.05, 4.69) is 0 Å². The predicted molar refractivity (Wildman–Crippen MR) is 97.7 cm³/mol. The van der Waals surface area contributed by atoms with E-state index in [4.69, 9.17) is 9.47 Å². The first kappa shape index (κ1) is 16.8. The Morgan fingerprint density at radius 2 is 1.65 bits per heavy atom. The van der Waals surface area contributed by atoms with Gasteiger partial charge in [-0.1, -0.05) is 18.2 Å². The molecular weight excluding hydrogens is 328 g/mol. The first-order valence-corrected chi connectivity index (χ1v) is 9.05. The zero-order valence-electron chi connectivity index (χ0n) is 14.9. The molecule has 26 heavy (non-hydrogen) atoms. The molecule has 1 spiro atoms. The number of ketones is 2. The van der Waals surface area contributed by atoms with E-state index in [1.807, 2.05) is 42.5 Å². The Kier molecular flexibility index (Phi) is 4.27. The summed E-state index contributed by atoms with van der Waals surface area (Å²) in [5.41, 5.74) is 2.54. The van der Waals surface area contributed by atoms with Crippen LogP contribution in [-0.2, 0) is 17.8 Å². The van der Waals surface area contributed by atoms with Gasteiger partial charge in [0.15, 0.2) is 5.78 Å². The van der Waals surface area contributed by atoms with Crippen LogP contribution in [0.2, 0.25) is 0 Å². The summed E-state index contributed by atoms with van der Waals surface area (Å²) in [6.07, 6.45) is 3.18. The molecule has 1 fully saturated rings. The summed E-state index contributed by atoms with van der Waals surface area (Å²) in [6.45, 7) is 0.441. The maximum atomic E-state index is 13.0. The third-order valence-corrected chi connectivity index (χ3v) is 5.67. The lowest BCUT2D eigenvalue weighted by atomic mass is 9.71. The molecule has 0 bridgehead atoms. The van der Waals surface area contributed by atoms with Crippen molar-refractivity contribution in [2.45, 2.75) is 38.7 Å². The minimum absolute atomic E-state index is 0.190. The van der Waals surface area contributed by atoms with Crippen LogP contribution in [0.5, 0.6) is 11.5 Å². The molecule has 4 heteroatoms. The number of benzene rings is 2. The van der Waals surface area contributed by atoms with Gasteiger partial charge >= 0.3 is 0 Å². The number of methoxy groups -OCH3 is 1.